The van der Waals surface area contributed by atoms with Gasteiger partial charge in [-0.2, -0.15) is 0 Å². The highest BCUT2D eigenvalue weighted by Gasteiger charge is 2.39. The first-order valence-corrected chi connectivity index (χ1v) is 6.56. The van der Waals surface area contributed by atoms with Gasteiger partial charge in [-0.15, -0.1) is 0 Å². The first-order valence-electron chi connectivity index (χ1n) is 6.56. The lowest BCUT2D eigenvalue weighted by atomic mass is 10.2. The molecule has 1 fully saturated rings. The third-order valence-corrected chi connectivity index (χ3v) is 3.17. The first-order chi connectivity index (χ1) is 10.4. The van der Waals surface area contributed by atoms with Crippen LogP contribution in [0.4, 0.5) is 0 Å². The van der Waals surface area contributed by atoms with E-state index in [-0.39, 0.29) is 31.2 Å². The number of primary amides is 1. The summed E-state index contributed by atoms with van der Waals surface area (Å²) in [5.41, 5.74) is 13.6. The molecule has 22 heavy (non-hydrogen) atoms. The smallest absolute Gasteiger partial charge is 0.245 e. The van der Waals surface area contributed by atoms with Gasteiger partial charge in [0, 0.05) is 30.0 Å². The SMILES string of the molecule is CC(=O)N(/C=C(/C)C(N)=O)[C@H]1CC(OCN=[N+]=[N-])[C@@H](CO)O1. The second-order valence-corrected chi connectivity index (χ2v) is 4.72. The summed E-state index contributed by atoms with van der Waals surface area (Å²) in [5, 5.41) is 12.5. The number of aliphatic hydroxyl groups is 1. The predicted octanol–water partition coefficient (Wildman–Crippen LogP) is -0.0157. The molecular weight excluding hydrogens is 294 g/mol. The van der Waals surface area contributed by atoms with Gasteiger partial charge >= 0.3 is 0 Å². The van der Waals surface area contributed by atoms with E-state index in [1.54, 1.807) is 0 Å². The molecule has 10 heteroatoms. The van der Waals surface area contributed by atoms with Crippen LogP contribution in [0, 0.1) is 0 Å². The van der Waals surface area contributed by atoms with Crippen LogP contribution < -0.4 is 5.73 Å². The van der Waals surface area contributed by atoms with Gasteiger partial charge in [-0.05, 0) is 12.5 Å². The second kappa shape index (κ2) is 8.35. The van der Waals surface area contributed by atoms with Crippen LogP contribution in [0.2, 0.25) is 0 Å². The van der Waals surface area contributed by atoms with E-state index in [4.69, 9.17) is 20.7 Å². The van der Waals surface area contributed by atoms with Gasteiger partial charge < -0.3 is 20.3 Å². The Morgan fingerprint density at radius 3 is 2.77 bits per heavy atom. The summed E-state index contributed by atoms with van der Waals surface area (Å²) >= 11 is 0. The average Bonchev–Trinajstić information content (AvgIpc) is 2.87. The lowest BCUT2D eigenvalue weighted by molar-refractivity contribution is -0.139. The number of carbonyl (C=O) groups excluding carboxylic acids is 2. The standard InChI is InChI=1S/C12H19N5O5/c1-7(12(13)20)4-17(8(2)19)11-3-9(10(5-18)22-11)21-6-15-16-14/h4,9-11,18H,3,5-6H2,1-2H3,(H2,13,20)/b7-4-/t9?,10-,11-/m1/s1. The Balaban J connectivity index is 2.85. The fourth-order valence-electron chi connectivity index (χ4n) is 2.01. The summed E-state index contributed by atoms with van der Waals surface area (Å²) in [6.45, 7) is 2.27. The Morgan fingerprint density at radius 1 is 1.59 bits per heavy atom. The molecule has 10 nitrogen and oxygen atoms in total. The molecule has 0 spiro atoms. The molecule has 3 atom stereocenters. The largest absolute Gasteiger partial charge is 0.394 e. The van der Waals surface area contributed by atoms with E-state index in [0.29, 0.717) is 0 Å². The van der Waals surface area contributed by atoms with Crippen LogP contribution in [0.25, 0.3) is 10.4 Å². The minimum Gasteiger partial charge on any atom is -0.394 e. The van der Waals surface area contributed by atoms with Crippen molar-refractivity contribution in [3.8, 4) is 0 Å². The summed E-state index contributed by atoms with van der Waals surface area (Å²) in [7, 11) is 0. The highest BCUT2D eigenvalue weighted by atomic mass is 16.6. The van der Waals surface area contributed by atoms with Gasteiger partial charge in [0.15, 0.2) is 0 Å². The molecule has 1 heterocycles. The number of nitrogens with two attached hydrogens (primary N) is 1. The topological polar surface area (TPSA) is 151 Å². The van der Waals surface area contributed by atoms with Crippen LogP contribution in [-0.2, 0) is 19.1 Å². The summed E-state index contributed by atoms with van der Waals surface area (Å²) in [6, 6.07) is 0. The summed E-state index contributed by atoms with van der Waals surface area (Å²) in [4.78, 5) is 26.6. The molecule has 0 aromatic heterocycles. The van der Waals surface area contributed by atoms with Gasteiger partial charge in [-0.1, -0.05) is 5.11 Å². The van der Waals surface area contributed by atoms with Crippen molar-refractivity contribution in [2.24, 2.45) is 10.8 Å². The quantitative estimate of drug-likeness (QED) is 0.293. The van der Waals surface area contributed by atoms with Gasteiger partial charge in [0.2, 0.25) is 11.8 Å². The number of hydrogen-bond donors (Lipinski definition) is 2. The number of hydrogen-bond acceptors (Lipinski definition) is 6. The fraction of sp³-hybridized carbons (Fsp3) is 0.667. The molecule has 0 bridgehead atoms. The molecule has 3 N–H and O–H groups in total. The van der Waals surface area contributed by atoms with Crippen molar-refractivity contribution in [2.45, 2.75) is 38.7 Å². The van der Waals surface area contributed by atoms with Gasteiger partial charge in [0.1, 0.15) is 19.1 Å². The van der Waals surface area contributed by atoms with Gasteiger partial charge in [-0.3, -0.25) is 14.5 Å². The zero-order valence-corrected chi connectivity index (χ0v) is 12.4. The Bertz CT molecular complexity index is 502. The van der Waals surface area contributed by atoms with E-state index in [1.165, 1.54) is 24.9 Å². The zero-order chi connectivity index (χ0) is 16.7. The number of carbonyl (C=O) groups is 2. The molecule has 122 valence electrons. The molecule has 0 aliphatic carbocycles. The molecule has 0 saturated carbocycles. The highest BCUT2D eigenvalue weighted by molar-refractivity contribution is 5.91. The van der Waals surface area contributed by atoms with E-state index in [2.05, 4.69) is 10.0 Å². The van der Waals surface area contributed by atoms with Crippen LogP contribution in [0.1, 0.15) is 20.3 Å². The van der Waals surface area contributed by atoms with E-state index in [1.807, 2.05) is 0 Å². The second-order valence-electron chi connectivity index (χ2n) is 4.72. The molecule has 0 aromatic rings. The maximum atomic E-state index is 11.7. The van der Waals surface area contributed by atoms with Crippen LogP contribution in [-0.4, -0.2) is 53.6 Å². The number of azide groups is 1. The van der Waals surface area contributed by atoms with Crippen molar-refractivity contribution in [2.75, 3.05) is 13.3 Å². The Labute approximate surface area is 127 Å². The molecule has 1 rings (SSSR count). The minimum atomic E-state index is -0.708. The van der Waals surface area contributed by atoms with Gasteiger partial charge in [0.05, 0.1) is 12.7 Å². The van der Waals surface area contributed by atoms with E-state index < -0.39 is 24.3 Å². The lowest BCUT2D eigenvalue weighted by Gasteiger charge is -2.24. The lowest BCUT2D eigenvalue weighted by Crippen LogP contribution is -2.36. The van der Waals surface area contributed by atoms with Crippen LogP contribution >= 0.6 is 0 Å². The number of ether oxygens (including phenoxy) is 2. The molecule has 1 aliphatic rings. The average molecular weight is 313 g/mol. The third-order valence-electron chi connectivity index (χ3n) is 3.17. The molecule has 0 radical (unpaired) electrons. The summed E-state index contributed by atoms with van der Waals surface area (Å²) < 4.78 is 10.9. The Morgan fingerprint density at radius 2 is 2.27 bits per heavy atom. The predicted molar refractivity (Wildman–Crippen MR) is 74.7 cm³/mol. The Hall–Kier alpha value is -2.13. The van der Waals surface area contributed by atoms with Gasteiger partial charge in [0.25, 0.3) is 0 Å². The van der Waals surface area contributed by atoms with Crippen molar-refractivity contribution >= 4 is 11.8 Å². The van der Waals surface area contributed by atoms with E-state index >= 15 is 0 Å². The van der Waals surface area contributed by atoms with Crippen molar-refractivity contribution < 1.29 is 24.2 Å². The number of nitrogens with zero attached hydrogens (tertiary/aromatic N) is 4. The molecule has 1 aliphatic heterocycles. The first kappa shape index (κ1) is 17.9. The summed E-state index contributed by atoms with van der Waals surface area (Å²) in [6.07, 6.45) is -0.346. The van der Waals surface area contributed by atoms with Crippen molar-refractivity contribution in [1.29, 1.82) is 0 Å². The monoisotopic (exact) mass is 313 g/mol. The molecule has 0 aromatic carbocycles. The van der Waals surface area contributed by atoms with Crippen LogP contribution in [0.5, 0.6) is 0 Å². The molecule has 1 unspecified atom stereocenters. The van der Waals surface area contributed by atoms with Gasteiger partial charge in [-0.25, -0.2) is 0 Å². The van der Waals surface area contributed by atoms with Crippen molar-refractivity contribution in [3.63, 3.8) is 0 Å². The Kier molecular flexibility index (Phi) is 6.80. The van der Waals surface area contributed by atoms with E-state index in [9.17, 15) is 14.7 Å². The fourth-order valence-corrected chi connectivity index (χ4v) is 2.01. The number of rotatable bonds is 7. The molecule has 1 saturated heterocycles. The maximum absolute atomic E-state index is 11.7. The zero-order valence-electron chi connectivity index (χ0n) is 12.4. The number of aliphatic hydroxyl groups excluding tert-OH is 1. The minimum absolute atomic E-state index is 0.192. The highest BCUT2D eigenvalue weighted by Crippen LogP contribution is 2.26. The maximum Gasteiger partial charge on any atom is 0.245 e. The van der Waals surface area contributed by atoms with Crippen molar-refractivity contribution in [1.82, 2.24) is 4.90 Å². The normalized spacial score (nSPS) is 24.7. The van der Waals surface area contributed by atoms with Crippen molar-refractivity contribution in [3.05, 3.63) is 22.2 Å². The summed E-state index contributed by atoms with van der Waals surface area (Å²) in [5.74, 6) is -1.00. The number of amides is 2. The van der Waals surface area contributed by atoms with Crippen LogP contribution in [0.3, 0.4) is 0 Å². The third kappa shape index (κ3) is 4.71. The molecular formula is C12H19N5O5. The van der Waals surface area contributed by atoms with Crippen LogP contribution in [0.15, 0.2) is 16.9 Å². The molecule has 2 amide bonds. The van der Waals surface area contributed by atoms with E-state index in [0.717, 1.165) is 0 Å².